The molecule has 1 N–H and O–H groups in total. The van der Waals surface area contributed by atoms with E-state index >= 15 is 0 Å². The van der Waals surface area contributed by atoms with Crippen LogP contribution in [0, 0.1) is 0 Å². The van der Waals surface area contributed by atoms with Gasteiger partial charge < -0.3 is 5.11 Å². The van der Waals surface area contributed by atoms with Gasteiger partial charge in [-0.25, -0.2) is 4.57 Å². The molecule has 0 aliphatic rings. The van der Waals surface area contributed by atoms with Crippen molar-refractivity contribution in [3.8, 4) is 5.75 Å². The van der Waals surface area contributed by atoms with Crippen LogP contribution in [0.5, 0.6) is 5.75 Å². The summed E-state index contributed by atoms with van der Waals surface area (Å²) >= 11 is 5.90. The predicted molar refractivity (Wildman–Crippen MR) is 94.2 cm³/mol. The Morgan fingerprint density at radius 3 is 1.96 bits per heavy atom. The van der Waals surface area contributed by atoms with E-state index in [1.807, 2.05) is 42.5 Å². The van der Waals surface area contributed by atoms with E-state index in [1.165, 1.54) is 5.56 Å². The van der Waals surface area contributed by atoms with Crippen LogP contribution in [0.1, 0.15) is 16.7 Å². The number of hydrogen-bond acceptors (Lipinski definition) is 1. The highest BCUT2D eigenvalue weighted by Gasteiger charge is 2.02. The molecule has 0 saturated heterocycles. The van der Waals surface area contributed by atoms with E-state index in [-0.39, 0.29) is 5.75 Å². The molecule has 0 saturated carbocycles. The summed E-state index contributed by atoms with van der Waals surface area (Å²) in [6.45, 7) is 0.819. The SMILES string of the molecule is Oc1ccc(C=Cc2cc[n+](Cc3ccc(Cl)cc3)cc2)cc1. The third-order valence-corrected chi connectivity index (χ3v) is 3.81. The van der Waals surface area contributed by atoms with Crippen molar-refractivity contribution in [3.05, 3.63) is 94.8 Å². The van der Waals surface area contributed by atoms with Crippen molar-refractivity contribution in [2.75, 3.05) is 0 Å². The zero-order chi connectivity index (χ0) is 16.1. The Labute approximate surface area is 140 Å². The molecule has 0 aliphatic carbocycles. The predicted octanol–water partition coefficient (Wildman–Crippen LogP) is 4.55. The maximum Gasteiger partial charge on any atom is 0.173 e. The first-order chi connectivity index (χ1) is 11.2. The molecule has 3 aromatic rings. The Balaban J connectivity index is 1.67. The smallest absolute Gasteiger partial charge is 0.173 e. The molecule has 0 spiro atoms. The number of pyridine rings is 1. The second-order valence-corrected chi connectivity index (χ2v) is 5.79. The van der Waals surface area contributed by atoms with Gasteiger partial charge in [-0.05, 0) is 35.4 Å². The van der Waals surface area contributed by atoms with E-state index in [0.29, 0.717) is 0 Å². The van der Waals surface area contributed by atoms with Crippen LogP contribution in [0.25, 0.3) is 12.2 Å². The summed E-state index contributed by atoms with van der Waals surface area (Å²) < 4.78 is 2.13. The van der Waals surface area contributed by atoms with E-state index in [4.69, 9.17) is 11.6 Å². The zero-order valence-electron chi connectivity index (χ0n) is 12.6. The minimum Gasteiger partial charge on any atom is -0.508 e. The van der Waals surface area contributed by atoms with Gasteiger partial charge in [-0.15, -0.1) is 0 Å². The van der Waals surface area contributed by atoms with Crippen LogP contribution in [0.2, 0.25) is 5.02 Å². The summed E-state index contributed by atoms with van der Waals surface area (Å²) in [6.07, 6.45) is 8.20. The van der Waals surface area contributed by atoms with Crippen LogP contribution in [0.15, 0.2) is 73.1 Å². The first kappa shape index (κ1) is 15.3. The van der Waals surface area contributed by atoms with E-state index in [0.717, 1.165) is 22.7 Å². The van der Waals surface area contributed by atoms with Crippen LogP contribution in [0.4, 0.5) is 0 Å². The lowest BCUT2D eigenvalue weighted by Gasteiger charge is -1.99. The molecular formula is C20H17ClNO+. The van der Waals surface area contributed by atoms with Crippen LogP contribution in [-0.4, -0.2) is 5.11 Å². The molecular weight excluding hydrogens is 306 g/mol. The van der Waals surface area contributed by atoms with Crippen molar-refractivity contribution >= 4 is 23.8 Å². The number of halogens is 1. The van der Waals surface area contributed by atoms with Gasteiger partial charge in [0.2, 0.25) is 0 Å². The lowest BCUT2D eigenvalue weighted by Crippen LogP contribution is -2.33. The summed E-state index contributed by atoms with van der Waals surface area (Å²) in [6, 6.07) is 19.2. The van der Waals surface area contributed by atoms with Gasteiger partial charge in [0.05, 0.1) is 0 Å². The van der Waals surface area contributed by atoms with Crippen molar-refractivity contribution in [3.63, 3.8) is 0 Å². The fourth-order valence-corrected chi connectivity index (χ4v) is 2.39. The normalized spacial score (nSPS) is 11.0. The van der Waals surface area contributed by atoms with E-state index in [1.54, 1.807) is 12.1 Å². The molecule has 0 atom stereocenters. The Morgan fingerprint density at radius 2 is 1.35 bits per heavy atom. The molecule has 114 valence electrons. The first-order valence-corrected chi connectivity index (χ1v) is 7.77. The van der Waals surface area contributed by atoms with Crippen LogP contribution in [-0.2, 0) is 6.54 Å². The van der Waals surface area contributed by atoms with Crippen molar-refractivity contribution < 1.29 is 9.67 Å². The number of aromatic nitrogens is 1. The minimum atomic E-state index is 0.283. The molecule has 2 aromatic carbocycles. The number of phenols is 1. The topological polar surface area (TPSA) is 24.1 Å². The second kappa shape index (κ2) is 7.12. The summed E-state index contributed by atoms with van der Waals surface area (Å²) in [7, 11) is 0. The molecule has 0 fully saturated rings. The highest BCUT2D eigenvalue weighted by atomic mass is 35.5. The Hall–Kier alpha value is -2.58. The summed E-state index contributed by atoms with van der Waals surface area (Å²) in [5.41, 5.74) is 3.40. The maximum absolute atomic E-state index is 9.27. The molecule has 1 heterocycles. The van der Waals surface area contributed by atoms with E-state index in [2.05, 4.69) is 35.2 Å². The third kappa shape index (κ3) is 4.44. The number of hydrogen-bond donors (Lipinski definition) is 1. The largest absolute Gasteiger partial charge is 0.508 e. The van der Waals surface area contributed by atoms with Crippen molar-refractivity contribution in [1.29, 1.82) is 0 Å². The Morgan fingerprint density at radius 1 is 0.783 bits per heavy atom. The van der Waals surface area contributed by atoms with Gasteiger partial charge in [0.1, 0.15) is 5.75 Å². The molecule has 23 heavy (non-hydrogen) atoms. The second-order valence-electron chi connectivity index (χ2n) is 5.36. The first-order valence-electron chi connectivity index (χ1n) is 7.40. The third-order valence-electron chi connectivity index (χ3n) is 3.56. The molecule has 1 aromatic heterocycles. The minimum absolute atomic E-state index is 0.283. The quantitative estimate of drug-likeness (QED) is 0.700. The highest BCUT2D eigenvalue weighted by Crippen LogP contribution is 2.13. The van der Waals surface area contributed by atoms with Gasteiger partial charge in [-0.3, -0.25) is 0 Å². The molecule has 0 radical (unpaired) electrons. The number of aromatic hydroxyl groups is 1. The average Bonchev–Trinajstić information content (AvgIpc) is 2.58. The van der Waals surface area contributed by atoms with Gasteiger partial charge in [0.25, 0.3) is 0 Å². The Bertz CT molecular complexity index is 791. The summed E-state index contributed by atoms with van der Waals surface area (Å²) in [5.74, 6) is 0.283. The molecule has 0 amide bonds. The number of nitrogens with zero attached hydrogens (tertiary/aromatic N) is 1. The van der Waals surface area contributed by atoms with Gasteiger partial charge in [-0.1, -0.05) is 48.0 Å². The van der Waals surface area contributed by atoms with Gasteiger partial charge in [0.15, 0.2) is 18.9 Å². The molecule has 3 heteroatoms. The van der Waals surface area contributed by atoms with E-state index < -0.39 is 0 Å². The molecule has 2 nitrogen and oxygen atoms in total. The Kier molecular flexibility index (Phi) is 4.74. The van der Waals surface area contributed by atoms with Crippen LogP contribution >= 0.6 is 11.6 Å². The summed E-state index contributed by atoms with van der Waals surface area (Å²) in [4.78, 5) is 0. The van der Waals surface area contributed by atoms with Gasteiger partial charge in [0, 0.05) is 22.7 Å². The number of rotatable bonds is 4. The maximum atomic E-state index is 9.27. The van der Waals surface area contributed by atoms with Crippen molar-refractivity contribution in [2.24, 2.45) is 0 Å². The van der Waals surface area contributed by atoms with E-state index in [9.17, 15) is 5.11 Å². The lowest BCUT2D eigenvalue weighted by molar-refractivity contribution is -0.688. The highest BCUT2D eigenvalue weighted by molar-refractivity contribution is 6.30. The molecule has 0 unspecified atom stereocenters. The number of benzene rings is 2. The average molecular weight is 323 g/mol. The standard InChI is InChI=1S/C20H16ClNO/c21-19-7-3-18(4-8-19)15-22-13-11-17(12-14-22)2-1-16-5-9-20(23)10-6-16/h1-14H,15H2/p+1. The zero-order valence-corrected chi connectivity index (χ0v) is 13.3. The van der Waals surface area contributed by atoms with Crippen LogP contribution < -0.4 is 4.57 Å². The molecule has 3 rings (SSSR count). The monoisotopic (exact) mass is 322 g/mol. The lowest BCUT2D eigenvalue weighted by atomic mass is 10.1. The summed E-state index contributed by atoms with van der Waals surface area (Å²) in [5, 5.41) is 10.0. The fraction of sp³-hybridized carbons (Fsp3) is 0.0500. The molecule has 0 bridgehead atoms. The van der Waals surface area contributed by atoms with Gasteiger partial charge >= 0.3 is 0 Å². The number of phenolic OH excluding ortho intramolecular Hbond substituents is 1. The van der Waals surface area contributed by atoms with Crippen molar-refractivity contribution in [2.45, 2.75) is 6.54 Å². The van der Waals surface area contributed by atoms with Crippen molar-refractivity contribution in [1.82, 2.24) is 0 Å². The van der Waals surface area contributed by atoms with Gasteiger partial charge in [-0.2, -0.15) is 0 Å². The molecule has 0 aliphatic heterocycles. The van der Waals surface area contributed by atoms with Crippen LogP contribution in [0.3, 0.4) is 0 Å². The fourth-order valence-electron chi connectivity index (χ4n) is 2.26.